The summed E-state index contributed by atoms with van der Waals surface area (Å²) in [6, 6.07) is 4.58. The number of hydrazine groups is 1. The molecule has 164 valence electrons. The van der Waals surface area contributed by atoms with Crippen LogP contribution in [0, 0.1) is 11.2 Å². The molecule has 3 rings (SSSR count). The van der Waals surface area contributed by atoms with Crippen molar-refractivity contribution < 1.29 is 18.7 Å². The molecule has 1 saturated carbocycles. The van der Waals surface area contributed by atoms with Crippen LogP contribution in [0.3, 0.4) is 0 Å². The smallest absolute Gasteiger partial charge is 0.249 e. The van der Waals surface area contributed by atoms with E-state index in [1.54, 1.807) is 18.3 Å². The van der Waals surface area contributed by atoms with Crippen LogP contribution in [0.5, 0.6) is 5.75 Å². The Bertz CT molecular complexity index is 815. The Kier molecular flexibility index (Phi) is 6.77. The molecule has 7 nitrogen and oxygen atoms in total. The number of carbonyl (C=O) groups excluding carboxylic acids is 2. The molecule has 1 aliphatic carbocycles. The van der Waals surface area contributed by atoms with E-state index in [1.807, 2.05) is 6.08 Å². The molecular formula is C22H31FN4O3. The van der Waals surface area contributed by atoms with Gasteiger partial charge in [-0.15, -0.1) is 0 Å². The van der Waals surface area contributed by atoms with Crippen LogP contribution in [0.25, 0.3) is 0 Å². The summed E-state index contributed by atoms with van der Waals surface area (Å²) in [4.78, 5) is 22.6. The van der Waals surface area contributed by atoms with Gasteiger partial charge >= 0.3 is 0 Å². The van der Waals surface area contributed by atoms with Crippen molar-refractivity contribution in [3.63, 3.8) is 0 Å². The second-order valence-electron chi connectivity index (χ2n) is 9.16. The predicted octanol–water partition coefficient (Wildman–Crippen LogP) is 2.24. The predicted molar refractivity (Wildman–Crippen MR) is 112 cm³/mol. The van der Waals surface area contributed by atoms with Gasteiger partial charge in [0.15, 0.2) is 11.6 Å². The Morgan fingerprint density at radius 2 is 2.07 bits per heavy atom. The van der Waals surface area contributed by atoms with Crippen molar-refractivity contribution in [2.45, 2.75) is 58.0 Å². The highest BCUT2D eigenvalue weighted by Gasteiger charge is 2.44. The molecule has 4 N–H and O–H groups in total. The highest BCUT2D eigenvalue weighted by atomic mass is 19.1. The zero-order chi connectivity index (χ0) is 21.8. The number of benzene rings is 1. The third-order valence-corrected chi connectivity index (χ3v) is 5.04. The van der Waals surface area contributed by atoms with E-state index >= 15 is 0 Å². The molecule has 1 unspecified atom stereocenters. The fraction of sp³-hybridized carbons (Fsp3) is 0.545. The van der Waals surface area contributed by atoms with E-state index in [-0.39, 0.29) is 35.0 Å². The molecule has 1 heterocycles. The van der Waals surface area contributed by atoms with Gasteiger partial charge < -0.3 is 10.1 Å². The molecule has 1 aliphatic heterocycles. The minimum absolute atomic E-state index is 0.0427. The third kappa shape index (κ3) is 6.03. The number of halogens is 1. The van der Waals surface area contributed by atoms with E-state index in [1.165, 1.54) is 6.07 Å². The minimum atomic E-state index is -0.484. The summed E-state index contributed by atoms with van der Waals surface area (Å²) in [5, 5.41) is 5.19. The van der Waals surface area contributed by atoms with E-state index in [9.17, 15) is 14.0 Å². The monoisotopic (exact) mass is 418 g/mol. The average Bonchev–Trinajstić information content (AvgIpc) is 3.38. The van der Waals surface area contributed by atoms with Crippen LogP contribution in [0.1, 0.15) is 52.0 Å². The molecule has 1 aromatic rings. The molecule has 1 atom stereocenters. The fourth-order valence-electron chi connectivity index (χ4n) is 3.16. The maximum Gasteiger partial charge on any atom is 0.249 e. The molecule has 2 fully saturated rings. The van der Waals surface area contributed by atoms with Crippen molar-refractivity contribution in [3.8, 4) is 5.75 Å². The summed E-state index contributed by atoms with van der Waals surface area (Å²) < 4.78 is 19.8. The highest BCUT2D eigenvalue weighted by molar-refractivity contribution is 6.05. The van der Waals surface area contributed by atoms with Gasteiger partial charge in [-0.2, -0.15) is 0 Å². The van der Waals surface area contributed by atoms with E-state index in [4.69, 9.17) is 4.74 Å². The van der Waals surface area contributed by atoms with Crippen LogP contribution in [0.2, 0.25) is 0 Å². The lowest BCUT2D eigenvalue weighted by atomic mass is 9.98. The summed E-state index contributed by atoms with van der Waals surface area (Å²) >= 11 is 0. The Hall–Kier alpha value is -2.45. The largest absolute Gasteiger partial charge is 0.490 e. The van der Waals surface area contributed by atoms with Crippen LogP contribution in [0.15, 0.2) is 30.5 Å². The van der Waals surface area contributed by atoms with Gasteiger partial charge in [-0.05, 0) is 48.6 Å². The zero-order valence-electron chi connectivity index (χ0n) is 17.8. The quantitative estimate of drug-likeness (QED) is 0.265. The zero-order valence-corrected chi connectivity index (χ0v) is 17.8. The van der Waals surface area contributed by atoms with E-state index in [0.717, 1.165) is 24.8 Å². The summed E-state index contributed by atoms with van der Waals surface area (Å²) in [6.07, 6.45) is 6.45. The Morgan fingerprint density at radius 1 is 1.30 bits per heavy atom. The lowest BCUT2D eigenvalue weighted by Crippen LogP contribution is -2.41. The second kappa shape index (κ2) is 9.14. The number of imide groups is 1. The van der Waals surface area contributed by atoms with Crippen molar-refractivity contribution in [2.24, 2.45) is 5.41 Å². The summed E-state index contributed by atoms with van der Waals surface area (Å²) in [7, 11) is 0. The first-order chi connectivity index (χ1) is 14.2. The first kappa shape index (κ1) is 22.2. The van der Waals surface area contributed by atoms with Crippen LogP contribution in [-0.2, 0) is 15.1 Å². The van der Waals surface area contributed by atoms with Gasteiger partial charge in [-0.3, -0.25) is 20.3 Å². The maximum absolute atomic E-state index is 14.1. The third-order valence-electron chi connectivity index (χ3n) is 5.04. The Labute approximate surface area is 176 Å². The number of amides is 2. The Morgan fingerprint density at radius 3 is 2.70 bits per heavy atom. The highest BCUT2D eigenvalue weighted by Crippen LogP contribution is 2.46. The second-order valence-corrected chi connectivity index (χ2v) is 9.16. The normalized spacial score (nSPS) is 20.5. The molecule has 8 heteroatoms. The number of rotatable bonds is 10. The summed E-state index contributed by atoms with van der Waals surface area (Å²) in [5.74, 6) is -0.592. The number of hydrogen-bond acceptors (Lipinski definition) is 6. The van der Waals surface area contributed by atoms with Gasteiger partial charge in [0.25, 0.3) is 0 Å². The molecule has 30 heavy (non-hydrogen) atoms. The van der Waals surface area contributed by atoms with Crippen LogP contribution < -0.4 is 26.2 Å². The number of hydrogen-bond donors (Lipinski definition) is 4. The molecule has 0 spiro atoms. The molecule has 2 aliphatic rings. The van der Waals surface area contributed by atoms with E-state index in [0.29, 0.717) is 18.9 Å². The van der Waals surface area contributed by atoms with Gasteiger partial charge in [0.1, 0.15) is 6.04 Å². The van der Waals surface area contributed by atoms with Gasteiger partial charge in [0.2, 0.25) is 11.8 Å². The molecule has 0 bridgehead atoms. The van der Waals surface area contributed by atoms with Gasteiger partial charge in [0, 0.05) is 6.54 Å². The summed E-state index contributed by atoms with van der Waals surface area (Å²) in [5.41, 5.74) is 7.35. The SMILES string of the molecule is CC(C)(C)COc1cc(C2(NNCC/C=C/NC3CC(=O)NC3=O)CC2)ccc1F. The first-order valence-corrected chi connectivity index (χ1v) is 10.4. The molecule has 0 aromatic heterocycles. The van der Waals surface area contributed by atoms with Crippen LogP contribution in [0.4, 0.5) is 4.39 Å². The van der Waals surface area contributed by atoms with Crippen molar-refractivity contribution in [2.75, 3.05) is 13.2 Å². The minimum Gasteiger partial charge on any atom is -0.490 e. The topological polar surface area (TPSA) is 91.5 Å². The lowest BCUT2D eigenvalue weighted by Gasteiger charge is -2.22. The Balaban J connectivity index is 1.43. The standard InChI is InChI=1S/C22H31FN4O3/c1-21(2,3)14-30-18-12-15(6-7-16(18)23)22(8-9-22)27-25-11-5-4-10-24-17-13-19(28)26-20(17)29/h4,6-7,10,12,17,24-25,27H,5,8-9,11,13-14H2,1-3H3,(H,26,28,29)/b10-4+. The van der Waals surface area contributed by atoms with Gasteiger partial charge in [0.05, 0.1) is 18.6 Å². The first-order valence-electron chi connectivity index (χ1n) is 10.4. The average molecular weight is 419 g/mol. The number of ether oxygens (including phenoxy) is 1. The van der Waals surface area contributed by atoms with Crippen LogP contribution in [-0.4, -0.2) is 31.0 Å². The van der Waals surface area contributed by atoms with Crippen molar-refractivity contribution >= 4 is 11.8 Å². The molecule has 1 aromatic carbocycles. The summed E-state index contributed by atoms with van der Waals surface area (Å²) in [6.45, 7) is 7.28. The van der Waals surface area contributed by atoms with E-state index < -0.39 is 6.04 Å². The van der Waals surface area contributed by atoms with Gasteiger partial charge in [-0.1, -0.05) is 32.9 Å². The van der Waals surface area contributed by atoms with Crippen molar-refractivity contribution in [1.29, 1.82) is 0 Å². The molecule has 0 radical (unpaired) electrons. The molecular weight excluding hydrogens is 387 g/mol. The molecule has 2 amide bonds. The van der Waals surface area contributed by atoms with E-state index in [2.05, 4.69) is 42.3 Å². The maximum atomic E-state index is 14.1. The number of nitrogens with one attached hydrogen (secondary N) is 4. The van der Waals surface area contributed by atoms with Gasteiger partial charge in [-0.25, -0.2) is 9.82 Å². The van der Waals surface area contributed by atoms with Crippen molar-refractivity contribution in [3.05, 3.63) is 41.9 Å². The van der Waals surface area contributed by atoms with Crippen LogP contribution >= 0.6 is 0 Å². The van der Waals surface area contributed by atoms with Crippen molar-refractivity contribution in [1.82, 2.24) is 21.5 Å². The number of carbonyl (C=O) groups is 2. The fourth-order valence-corrected chi connectivity index (χ4v) is 3.16. The lowest BCUT2D eigenvalue weighted by molar-refractivity contribution is -0.125. The molecule has 1 saturated heterocycles.